The number of benzene rings is 4. The van der Waals surface area contributed by atoms with Crippen LogP contribution in [0.5, 0.6) is 23.5 Å². The summed E-state index contributed by atoms with van der Waals surface area (Å²) in [6.45, 7) is 16.0. The average Bonchev–Trinajstić information content (AvgIpc) is 0.780. The number of hydrogen-bond acceptors (Lipinski definition) is 24. The predicted octanol–water partition coefficient (Wildman–Crippen LogP) is 16.4. The molecular weight excluding hydrogens is 1470 g/mol. The molecule has 28 nitrogen and oxygen atoms in total. The van der Waals surface area contributed by atoms with Gasteiger partial charge in [-0.15, -0.1) is 0 Å². The molecule has 0 spiro atoms. The number of nitrogen functional groups attached to an aromatic ring is 4. The van der Waals surface area contributed by atoms with E-state index in [-0.39, 0.29) is 18.5 Å². The molecule has 14 N–H and O–H groups in total. The van der Waals surface area contributed by atoms with Crippen molar-refractivity contribution in [1.82, 2.24) is 39.9 Å². The summed E-state index contributed by atoms with van der Waals surface area (Å²) in [4.78, 5) is 85.9. The second kappa shape index (κ2) is 34.7. The molecule has 4 aliphatic carbocycles. The number of rotatable bonds is 15. The van der Waals surface area contributed by atoms with Gasteiger partial charge < -0.3 is 72.9 Å². The Kier molecular flexibility index (Phi) is 24.6. The first-order valence-electron chi connectivity index (χ1n) is 40.2. The quantitative estimate of drug-likeness (QED) is 0.0426. The molecule has 28 heteroatoms. The van der Waals surface area contributed by atoms with E-state index in [0.29, 0.717) is 124 Å². The number of aromatic nitrogens is 8. The van der Waals surface area contributed by atoms with Gasteiger partial charge in [0, 0.05) is 36.5 Å². The van der Waals surface area contributed by atoms with Crippen LogP contribution in [0.4, 0.5) is 46.0 Å². The highest BCUT2D eigenvalue weighted by Crippen LogP contribution is 2.49. The van der Waals surface area contributed by atoms with E-state index < -0.39 is 46.3 Å². The first-order valence-corrected chi connectivity index (χ1v) is 40.2. The minimum atomic E-state index is -0.853. The van der Waals surface area contributed by atoms with Gasteiger partial charge in [-0.1, -0.05) is 103 Å². The van der Waals surface area contributed by atoms with Crippen molar-refractivity contribution in [1.29, 1.82) is 0 Å². The molecule has 2 unspecified atom stereocenters. The third-order valence-corrected chi connectivity index (χ3v) is 24.0. The molecule has 116 heavy (non-hydrogen) atoms. The molecule has 610 valence electrons. The van der Waals surface area contributed by atoms with Crippen LogP contribution in [0, 0.1) is 17.8 Å². The maximum atomic E-state index is 10.9. The highest BCUT2D eigenvalue weighted by atomic mass is 16.5. The summed E-state index contributed by atoms with van der Waals surface area (Å²) in [6.07, 6.45) is 23.6. The lowest BCUT2D eigenvalue weighted by Crippen LogP contribution is -2.44. The molecule has 4 fully saturated rings. The number of ether oxygens (including phenoxy) is 4. The first-order chi connectivity index (χ1) is 55.3. The van der Waals surface area contributed by atoms with Gasteiger partial charge in [0.25, 0.3) is 0 Å². The van der Waals surface area contributed by atoms with E-state index in [2.05, 4.69) is 148 Å². The third-order valence-electron chi connectivity index (χ3n) is 24.0. The number of hydrogen-bond donors (Lipinski definition) is 10. The van der Waals surface area contributed by atoms with Crippen LogP contribution < -0.4 is 52.5 Å². The van der Waals surface area contributed by atoms with Gasteiger partial charge in [0.05, 0.1) is 23.5 Å². The van der Waals surface area contributed by atoms with Crippen molar-refractivity contribution in [3.05, 3.63) is 179 Å². The van der Waals surface area contributed by atoms with Gasteiger partial charge in [0.15, 0.2) is 34.6 Å². The smallest absolute Gasteiger partial charge is 0.328 e. The summed E-state index contributed by atoms with van der Waals surface area (Å²) in [5, 5.41) is 42.8. The van der Waals surface area contributed by atoms with Crippen LogP contribution in [0.15, 0.2) is 144 Å². The van der Waals surface area contributed by atoms with Gasteiger partial charge in [-0.2, -0.15) is 19.9 Å². The molecule has 4 aliphatic heterocycles. The number of carboxylic acids is 4. The fraction of sp³-hybridized carbons (Fsp3) is 0.455. The summed E-state index contributed by atoms with van der Waals surface area (Å²) >= 11 is 0. The largest absolute Gasteiger partial charge is 0.481 e. The number of nitrogens with one attached hydrogen (secondary N) is 2. The number of anilines is 6. The van der Waals surface area contributed by atoms with Crippen LogP contribution in [0.2, 0.25) is 0 Å². The Balaban J connectivity index is 0.000000135. The topological polar surface area (TPSA) is 442 Å². The van der Waals surface area contributed by atoms with Crippen molar-refractivity contribution in [3.8, 4) is 23.5 Å². The van der Waals surface area contributed by atoms with Crippen LogP contribution in [-0.2, 0) is 19.2 Å². The second-order valence-electron chi connectivity index (χ2n) is 33.9. The molecule has 4 aromatic heterocycles. The van der Waals surface area contributed by atoms with Gasteiger partial charge in [-0.05, 0) is 233 Å². The Morgan fingerprint density at radius 1 is 0.379 bits per heavy atom. The SMILES string of the molecule is CC1(C)Oc2ncnc(N)c2N=C1c1ccc(C2CCC(=CC(=O)O)CC2)cc1.CC1(C)Oc2ncnc(N)c2N=C1c1ccc(C2CCC(CC(=O)O)CC2)cc1.CC1(C)Oc2ncnc(N)c2NC1c1ccc(C2CCC(CC(=O)O)CC2)cc1.CC1(C)Oc2ncnc(N)c2NC1c1ccc(C2CCC(CC(=O)O)CC2)cc1. The summed E-state index contributed by atoms with van der Waals surface area (Å²) in [5.74, 6) is 3.09. The first kappa shape index (κ1) is 82.2. The maximum Gasteiger partial charge on any atom is 0.328 e. The number of aliphatic carboxylic acids is 4. The van der Waals surface area contributed by atoms with Crippen LogP contribution in [0.25, 0.3) is 0 Å². The van der Waals surface area contributed by atoms with Crippen LogP contribution in [-0.4, -0.2) is 118 Å². The number of carboxylic acid groups (broad SMARTS) is 4. The minimum Gasteiger partial charge on any atom is -0.481 e. The number of nitrogens with two attached hydrogens (primary N) is 4. The third kappa shape index (κ3) is 19.4. The van der Waals surface area contributed by atoms with Crippen LogP contribution in [0.1, 0.15) is 258 Å². The molecular formula is C88H106N16O12. The van der Waals surface area contributed by atoms with Gasteiger partial charge in [0.2, 0.25) is 23.5 Å². The zero-order valence-corrected chi connectivity index (χ0v) is 67.1. The van der Waals surface area contributed by atoms with E-state index >= 15 is 0 Å². The van der Waals surface area contributed by atoms with Crippen LogP contribution >= 0.6 is 0 Å². The molecule has 0 amide bonds. The van der Waals surface area contributed by atoms with Crippen molar-refractivity contribution in [2.24, 2.45) is 27.7 Å². The van der Waals surface area contributed by atoms with Gasteiger partial charge in [-0.3, -0.25) is 14.4 Å². The standard InChI is InChI=1S/2C22H28N4O3.C22H26N4O3.C22H24N4O3/c4*1-22(2)19(26-18-20(23)24-12-25-21(18)29-22)16-9-7-15(8-10-16)14-5-3-13(4-6-14)11-17(27)28/h2*7-10,12-14,19,26H,3-6,11H2,1-2H3,(H,27,28)(H2,23,24,25);7-10,12-14H,3-6,11H2,1-2H3,(H,27,28)(H2,23,24,25);7-12,14H,3-6H2,1-2H3,(H,27,28)(H2,23,24,25). The molecule has 8 aromatic rings. The van der Waals surface area contributed by atoms with Crippen molar-refractivity contribution in [2.45, 2.75) is 236 Å². The van der Waals surface area contributed by atoms with E-state index in [4.69, 9.17) is 72.3 Å². The van der Waals surface area contributed by atoms with E-state index in [1.807, 2.05) is 55.4 Å². The lowest BCUT2D eigenvalue weighted by Gasteiger charge is -2.40. The molecule has 0 radical (unpaired) electrons. The summed E-state index contributed by atoms with van der Waals surface area (Å²) in [6, 6.07) is 34.0. The fourth-order valence-electron chi connectivity index (χ4n) is 17.6. The molecule has 0 saturated heterocycles. The number of aliphatic imine (C=N–C) groups is 2. The van der Waals surface area contributed by atoms with E-state index in [0.717, 1.165) is 142 Å². The Hall–Kier alpha value is -11.8. The fourth-order valence-corrected chi connectivity index (χ4v) is 17.6. The highest BCUT2D eigenvalue weighted by molar-refractivity contribution is 6.10. The van der Waals surface area contributed by atoms with Crippen molar-refractivity contribution in [2.75, 3.05) is 33.6 Å². The molecule has 2 atom stereocenters. The normalized spacial score (nSPS) is 23.5. The van der Waals surface area contributed by atoms with E-state index in [1.54, 1.807) is 0 Å². The lowest BCUT2D eigenvalue weighted by molar-refractivity contribution is -0.139. The molecule has 4 saturated carbocycles. The average molecular weight is 1580 g/mol. The van der Waals surface area contributed by atoms with Crippen molar-refractivity contribution >= 4 is 81.3 Å². The Labute approximate surface area is 675 Å². The van der Waals surface area contributed by atoms with E-state index in [9.17, 15) is 19.2 Å². The highest BCUT2D eigenvalue weighted by Gasteiger charge is 2.43. The molecule has 8 aliphatic rings. The Morgan fingerprint density at radius 2 is 0.664 bits per heavy atom. The summed E-state index contributed by atoms with van der Waals surface area (Å²) in [7, 11) is 0. The summed E-state index contributed by atoms with van der Waals surface area (Å²) < 4.78 is 24.3. The molecule has 16 rings (SSSR count). The van der Waals surface area contributed by atoms with Gasteiger partial charge >= 0.3 is 23.9 Å². The van der Waals surface area contributed by atoms with Crippen molar-refractivity contribution < 1.29 is 58.6 Å². The zero-order chi connectivity index (χ0) is 82.4. The molecule has 4 aromatic carbocycles. The monoisotopic (exact) mass is 1580 g/mol. The zero-order valence-electron chi connectivity index (χ0n) is 67.1. The number of carbonyl (C=O) groups is 4. The van der Waals surface area contributed by atoms with Gasteiger partial charge in [-0.25, -0.2) is 34.7 Å². The molecule has 8 heterocycles. The predicted molar refractivity (Wildman–Crippen MR) is 443 cm³/mol. The van der Waals surface area contributed by atoms with Crippen LogP contribution in [0.3, 0.4) is 0 Å². The number of allylic oxidation sites excluding steroid dienone is 1. The van der Waals surface area contributed by atoms with Crippen molar-refractivity contribution in [3.63, 3.8) is 0 Å². The summed E-state index contributed by atoms with van der Waals surface area (Å²) in [5.41, 5.74) is 35.9. The minimum absolute atomic E-state index is 0.0800. The Morgan fingerprint density at radius 3 is 0.974 bits per heavy atom. The van der Waals surface area contributed by atoms with E-state index in [1.165, 1.54) is 53.6 Å². The second-order valence-corrected chi connectivity index (χ2v) is 33.9. The molecule has 0 bridgehead atoms. The number of fused-ring (bicyclic) bond motifs is 4. The lowest BCUT2D eigenvalue weighted by atomic mass is 9.77. The maximum absolute atomic E-state index is 10.9. The van der Waals surface area contributed by atoms with Gasteiger partial charge in [0.1, 0.15) is 59.1 Å². The number of nitrogens with zero attached hydrogens (tertiary/aromatic N) is 10. The Bertz CT molecular complexity index is 4810.